The van der Waals surface area contributed by atoms with Gasteiger partial charge in [0.25, 0.3) is 11.5 Å². The van der Waals surface area contributed by atoms with Crippen LogP contribution in [0.2, 0.25) is 0 Å². The minimum atomic E-state index is -0.455. The van der Waals surface area contributed by atoms with E-state index < -0.39 is 11.5 Å². The summed E-state index contributed by atoms with van der Waals surface area (Å²) in [7, 11) is 0. The summed E-state index contributed by atoms with van der Waals surface area (Å²) in [6.45, 7) is 0.393. The fourth-order valence-corrected chi connectivity index (χ4v) is 2.90. The van der Waals surface area contributed by atoms with Gasteiger partial charge >= 0.3 is 0 Å². The third-order valence-corrected chi connectivity index (χ3v) is 4.13. The van der Waals surface area contributed by atoms with E-state index in [1.54, 1.807) is 0 Å². The van der Waals surface area contributed by atoms with Crippen LogP contribution in [0.15, 0.2) is 65.5 Å². The Balaban J connectivity index is 1.81. The first-order chi connectivity index (χ1) is 11.3. The number of carbonyl (C=O) groups excluding carboxylic acids is 1. The molecule has 2 aromatic carbocycles. The van der Waals surface area contributed by atoms with E-state index in [0.717, 1.165) is 22.9 Å². The number of carbonyl (C=O) groups is 1. The van der Waals surface area contributed by atoms with E-state index in [2.05, 4.69) is 14.1 Å². The fraction of sp³-hybridized carbons (Fsp3) is 0.118. The molecule has 116 valence electrons. The minimum Gasteiger partial charge on any atom is -0.350 e. The molecule has 0 bridgehead atoms. The summed E-state index contributed by atoms with van der Waals surface area (Å²) in [5.41, 5.74) is 1.66. The van der Waals surface area contributed by atoms with Crippen LogP contribution in [0.1, 0.15) is 27.5 Å². The van der Waals surface area contributed by atoms with Gasteiger partial charge in [0.1, 0.15) is 0 Å². The summed E-state index contributed by atoms with van der Waals surface area (Å²) in [6.07, 6.45) is 0. The summed E-state index contributed by atoms with van der Waals surface area (Å²) in [5, 5.41) is 2.81. The molecule has 0 saturated carbocycles. The second-order valence-electron chi connectivity index (χ2n) is 5.05. The maximum Gasteiger partial charge on any atom is 0.291 e. The van der Waals surface area contributed by atoms with Gasteiger partial charge in [0.2, 0.25) is 5.69 Å². The van der Waals surface area contributed by atoms with E-state index in [0.29, 0.717) is 6.54 Å². The highest BCUT2D eigenvalue weighted by Gasteiger charge is 2.18. The van der Waals surface area contributed by atoms with E-state index in [1.807, 2.05) is 60.7 Å². The van der Waals surface area contributed by atoms with Crippen LogP contribution in [0.25, 0.3) is 0 Å². The van der Waals surface area contributed by atoms with Gasteiger partial charge in [-0.3, -0.25) is 14.0 Å². The first-order valence-electron chi connectivity index (χ1n) is 7.18. The third-order valence-electron chi connectivity index (χ3n) is 3.58. The van der Waals surface area contributed by atoms with Gasteiger partial charge in [-0.25, -0.2) is 0 Å². The van der Waals surface area contributed by atoms with E-state index >= 15 is 0 Å². The second kappa shape index (κ2) is 7.02. The fourth-order valence-electron chi connectivity index (χ4n) is 2.42. The Kier molecular flexibility index (Phi) is 4.63. The molecule has 0 atom stereocenters. The minimum absolute atomic E-state index is 0.0130. The van der Waals surface area contributed by atoms with E-state index in [1.165, 1.54) is 0 Å². The van der Waals surface area contributed by atoms with Crippen molar-refractivity contribution in [1.82, 2.24) is 14.1 Å². The van der Waals surface area contributed by atoms with Crippen molar-refractivity contribution < 1.29 is 4.79 Å². The molecule has 0 aliphatic rings. The van der Waals surface area contributed by atoms with Gasteiger partial charge < -0.3 is 5.32 Å². The number of nitrogens with one attached hydrogen (secondary N) is 2. The maximum absolute atomic E-state index is 12.1. The SMILES string of the molecule is O=C(NCC(c1ccccc1)c1ccccc1)c1ns[nH]c1=O. The van der Waals surface area contributed by atoms with Gasteiger partial charge in [-0.2, -0.15) is 4.37 Å². The number of benzene rings is 2. The molecule has 1 aromatic heterocycles. The summed E-state index contributed by atoms with van der Waals surface area (Å²) < 4.78 is 6.22. The van der Waals surface area contributed by atoms with Crippen molar-refractivity contribution >= 4 is 17.6 Å². The molecule has 1 amide bonds. The molecule has 0 aliphatic carbocycles. The van der Waals surface area contributed by atoms with E-state index in [-0.39, 0.29) is 11.6 Å². The van der Waals surface area contributed by atoms with Crippen LogP contribution in [0.4, 0.5) is 0 Å². The van der Waals surface area contributed by atoms with Gasteiger partial charge in [0, 0.05) is 24.2 Å². The molecule has 23 heavy (non-hydrogen) atoms. The Morgan fingerprint density at radius 2 is 1.61 bits per heavy atom. The Labute approximate surface area is 137 Å². The van der Waals surface area contributed by atoms with Crippen LogP contribution in [-0.2, 0) is 0 Å². The molecular formula is C17H15N3O2S. The lowest BCUT2D eigenvalue weighted by Gasteiger charge is -2.18. The molecule has 1 heterocycles. The van der Waals surface area contributed by atoms with Crippen molar-refractivity contribution in [3.8, 4) is 0 Å². The molecule has 0 radical (unpaired) electrons. The molecule has 0 unspecified atom stereocenters. The van der Waals surface area contributed by atoms with Crippen molar-refractivity contribution in [2.24, 2.45) is 0 Å². The molecule has 0 aliphatic heterocycles. The Morgan fingerprint density at radius 1 is 1.04 bits per heavy atom. The molecule has 6 heteroatoms. The zero-order valence-corrected chi connectivity index (χ0v) is 13.0. The van der Waals surface area contributed by atoms with Crippen molar-refractivity contribution in [2.45, 2.75) is 5.92 Å². The van der Waals surface area contributed by atoms with E-state index in [9.17, 15) is 9.59 Å². The number of aromatic amines is 1. The van der Waals surface area contributed by atoms with E-state index in [4.69, 9.17) is 0 Å². The third kappa shape index (κ3) is 3.54. The van der Waals surface area contributed by atoms with Gasteiger partial charge in [-0.1, -0.05) is 60.7 Å². The topological polar surface area (TPSA) is 74.8 Å². The highest BCUT2D eigenvalue weighted by atomic mass is 32.1. The molecule has 2 N–H and O–H groups in total. The van der Waals surface area contributed by atoms with Gasteiger partial charge in [-0.15, -0.1) is 0 Å². The highest BCUT2D eigenvalue weighted by molar-refractivity contribution is 6.99. The average molecular weight is 325 g/mol. The number of rotatable bonds is 5. The number of hydrogen-bond donors (Lipinski definition) is 2. The Bertz CT molecular complexity index is 788. The highest BCUT2D eigenvalue weighted by Crippen LogP contribution is 2.23. The van der Waals surface area contributed by atoms with Crippen LogP contribution in [0.3, 0.4) is 0 Å². The second-order valence-corrected chi connectivity index (χ2v) is 5.62. The number of nitrogens with zero attached hydrogens (tertiary/aromatic N) is 1. The van der Waals surface area contributed by atoms with Crippen molar-refractivity contribution in [1.29, 1.82) is 0 Å². The lowest BCUT2D eigenvalue weighted by Crippen LogP contribution is -2.32. The molecule has 5 nitrogen and oxygen atoms in total. The lowest BCUT2D eigenvalue weighted by atomic mass is 9.91. The number of amides is 1. The summed E-state index contributed by atoms with van der Waals surface area (Å²) >= 11 is 0.873. The van der Waals surface area contributed by atoms with Crippen LogP contribution >= 0.6 is 11.7 Å². The molecule has 0 fully saturated rings. The predicted molar refractivity (Wildman–Crippen MR) is 89.8 cm³/mol. The van der Waals surface area contributed by atoms with Crippen LogP contribution in [-0.4, -0.2) is 21.2 Å². The predicted octanol–water partition coefficient (Wildman–Crippen LogP) is 2.39. The normalized spacial score (nSPS) is 10.7. The first-order valence-corrected chi connectivity index (χ1v) is 7.95. The lowest BCUT2D eigenvalue weighted by molar-refractivity contribution is 0.0947. The summed E-state index contributed by atoms with van der Waals surface area (Å²) in [6, 6.07) is 19.9. The number of H-pyrrole nitrogens is 1. The van der Waals surface area contributed by atoms with Gasteiger partial charge in [0.05, 0.1) is 0 Å². The Hall–Kier alpha value is -2.73. The maximum atomic E-state index is 12.1. The zero-order valence-electron chi connectivity index (χ0n) is 12.2. The van der Waals surface area contributed by atoms with Crippen LogP contribution in [0.5, 0.6) is 0 Å². The molecule has 3 aromatic rings. The molecular weight excluding hydrogens is 310 g/mol. The standard InChI is InChI=1S/C17H15N3O2S/c21-16(15-17(22)20-23-19-15)18-11-14(12-7-3-1-4-8-12)13-9-5-2-6-10-13/h1-10,14H,11H2,(H,18,21)(H,20,22). The smallest absolute Gasteiger partial charge is 0.291 e. The quantitative estimate of drug-likeness (QED) is 0.756. The van der Waals surface area contributed by atoms with Gasteiger partial charge in [-0.05, 0) is 11.1 Å². The Morgan fingerprint density at radius 3 is 2.09 bits per heavy atom. The monoisotopic (exact) mass is 325 g/mol. The largest absolute Gasteiger partial charge is 0.350 e. The number of aromatic nitrogens is 2. The molecule has 0 saturated heterocycles. The van der Waals surface area contributed by atoms with Crippen molar-refractivity contribution in [3.05, 3.63) is 87.8 Å². The zero-order chi connectivity index (χ0) is 16.1. The average Bonchev–Trinajstić information content (AvgIpc) is 3.03. The summed E-state index contributed by atoms with van der Waals surface area (Å²) in [4.78, 5) is 23.6. The molecule has 3 rings (SSSR count). The van der Waals surface area contributed by atoms with Crippen molar-refractivity contribution in [2.75, 3.05) is 6.54 Å². The summed E-state index contributed by atoms with van der Waals surface area (Å²) in [5.74, 6) is -0.441. The van der Waals surface area contributed by atoms with Crippen LogP contribution < -0.4 is 10.9 Å². The van der Waals surface area contributed by atoms with Crippen molar-refractivity contribution in [3.63, 3.8) is 0 Å². The number of hydrogen-bond acceptors (Lipinski definition) is 4. The van der Waals surface area contributed by atoms with Crippen LogP contribution in [0, 0.1) is 0 Å². The first kappa shape index (κ1) is 15.2. The van der Waals surface area contributed by atoms with Gasteiger partial charge in [0.15, 0.2) is 0 Å². The molecule has 0 spiro atoms.